The maximum absolute atomic E-state index is 12.7. The molecule has 1 aliphatic heterocycles. The van der Waals surface area contributed by atoms with Crippen LogP contribution in [-0.4, -0.2) is 35.9 Å². The van der Waals surface area contributed by atoms with Gasteiger partial charge in [0, 0.05) is 10.6 Å². The lowest BCUT2D eigenvalue weighted by Crippen LogP contribution is -2.41. The van der Waals surface area contributed by atoms with Crippen LogP contribution in [-0.2, 0) is 15.1 Å². The van der Waals surface area contributed by atoms with E-state index in [1.54, 1.807) is 37.3 Å². The molecule has 1 saturated heterocycles. The number of thiophene rings is 1. The number of imide groups is 1. The molecule has 2 heterocycles. The van der Waals surface area contributed by atoms with Crippen LogP contribution in [0, 0.1) is 0 Å². The van der Waals surface area contributed by atoms with Gasteiger partial charge in [0.15, 0.2) is 5.54 Å². The lowest BCUT2D eigenvalue weighted by molar-refractivity contribution is -0.133. The summed E-state index contributed by atoms with van der Waals surface area (Å²) in [6.07, 6.45) is 0. The number of benzene rings is 1. The van der Waals surface area contributed by atoms with E-state index in [0.717, 1.165) is 9.78 Å². The zero-order valence-electron chi connectivity index (χ0n) is 14.4. The van der Waals surface area contributed by atoms with Crippen LogP contribution in [0.4, 0.5) is 10.5 Å². The number of carbonyl (C=O) groups excluding carboxylic acids is 3. The maximum atomic E-state index is 12.7. The topological polar surface area (TPSA) is 87.7 Å². The maximum Gasteiger partial charge on any atom is 0.325 e. The molecule has 136 valence electrons. The molecular formula is C18H19N3O4S. The highest BCUT2D eigenvalue weighted by Gasteiger charge is 2.50. The van der Waals surface area contributed by atoms with Gasteiger partial charge < -0.3 is 15.4 Å². The van der Waals surface area contributed by atoms with Crippen LogP contribution < -0.4 is 15.4 Å². The lowest BCUT2D eigenvalue weighted by atomic mass is 10.0. The molecule has 8 heteroatoms. The highest BCUT2D eigenvalue weighted by molar-refractivity contribution is 7.10. The SMILES string of the molecule is CCOc1ccc(NC(=O)CN2C(=O)N[C@@](C)(c3cccs3)C2=O)cc1. The van der Waals surface area contributed by atoms with Crippen molar-refractivity contribution in [2.45, 2.75) is 19.4 Å². The first kappa shape index (κ1) is 17.9. The molecule has 4 amide bonds. The van der Waals surface area contributed by atoms with Crippen molar-refractivity contribution in [3.05, 3.63) is 46.7 Å². The Morgan fingerprint density at radius 3 is 2.62 bits per heavy atom. The zero-order valence-corrected chi connectivity index (χ0v) is 15.3. The molecule has 1 aromatic heterocycles. The molecule has 0 bridgehead atoms. The van der Waals surface area contributed by atoms with Gasteiger partial charge in [-0.2, -0.15) is 0 Å². The number of nitrogens with one attached hydrogen (secondary N) is 2. The van der Waals surface area contributed by atoms with Crippen molar-refractivity contribution in [2.75, 3.05) is 18.5 Å². The predicted octanol–water partition coefficient (Wildman–Crippen LogP) is 2.55. The third-order valence-electron chi connectivity index (χ3n) is 4.04. The normalized spacial score (nSPS) is 19.4. The number of carbonyl (C=O) groups is 3. The van der Waals surface area contributed by atoms with Crippen LogP contribution in [0.15, 0.2) is 41.8 Å². The molecule has 1 aromatic carbocycles. The van der Waals surface area contributed by atoms with Crippen molar-refractivity contribution < 1.29 is 19.1 Å². The molecule has 0 saturated carbocycles. The summed E-state index contributed by atoms with van der Waals surface area (Å²) < 4.78 is 5.34. The molecule has 2 aromatic rings. The van der Waals surface area contributed by atoms with Crippen LogP contribution in [0.2, 0.25) is 0 Å². The Hall–Kier alpha value is -2.87. The van der Waals surface area contributed by atoms with E-state index in [4.69, 9.17) is 4.74 Å². The van der Waals surface area contributed by atoms with Crippen LogP contribution in [0.3, 0.4) is 0 Å². The number of urea groups is 1. The van der Waals surface area contributed by atoms with E-state index in [0.29, 0.717) is 18.0 Å². The number of ether oxygens (including phenoxy) is 1. The highest BCUT2D eigenvalue weighted by Crippen LogP contribution is 2.31. The second-order valence-corrected chi connectivity index (χ2v) is 6.88. The first-order valence-corrected chi connectivity index (χ1v) is 9.03. The zero-order chi connectivity index (χ0) is 18.7. The molecule has 7 nitrogen and oxygen atoms in total. The van der Waals surface area contributed by atoms with Crippen molar-refractivity contribution >= 4 is 34.9 Å². The molecule has 0 radical (unpaired) electrons. The van der Waals surface area contributed by atoms with Crippen LogP contribution in [0.5, 0.6) is 5.75 Å². The first-order valence-electron chi connectivity index (χ1n) is 8.15. The highest BCUT2D eigenvalue weighted by atomic mass is 32.1. The minimum absolute atomic E-state index is 0.348. The summed E-state index contributed by atoms with van der Waals surface area (Å²) >= 11 is 1.38. The standard InChI is InChI=1S/C18H19N3O4S/c1-3-25-13-8-6-12(7-9-13)19-15(22)11-21-16(23)18(2,20-17(21)24)14-5-4-10-26-14/h4-10H,3,11H2,1-2H3,(H,19,22)(H,20,24)/t18-/m0/s1. The van der Waals surface area contributed by atoms with Gasteiger partial charge in [0.1, 0.15) is 12.3 Å². The Labute approximate surface area is 155 Å². The Bertz CT molecular complexity index is 819. The van der Waals surface area contributed by atoms with Gasteiger partial charge in [0.25, 0.3) is 5.91 Å². The van der Waals surface area contributed by atoms with Gasteiger partial charge in [-0.15, -0.1) is 11.3 Å². The largest absolute Gasteiger partial charge is 0.494 e. The summed E-state index contributed by atoms with van der Waals surface area (Å²) in [6, 6.07) is 9.89. The molecule has 3 rings (SSSR count). The van der Waals surface area contributed by atoms with E-state index in [1.807, 2.05) is 18.4 Å². The number of hydrogen-bond acceptors (Lipinski definition) is 5. The summed E-state index contributed by atoms with van der Waals surface area (Å²) in [5.74, 6) is -0.189. The monoisotopic (exact) mass is 373 g/mol. The second kappa shape index (κ2) is 7.17. The first-order chi connectivity index (χ1) is 12.4. The van der Waals surface area contributed by atoms with Gasteiger partial charge in [-0.25, -0.2) is 4.79 Å². The van der Waals surface area contributed by atoms with Gasteiger partial charge in [-0.3, -0.25) is 14.5 Å². The molecule has 1 atom stereocenters. The summed E-state index contributed by atoms with van der Waals surface area (Å²) in [4.78, 5) is 38.8. The van der Waals surface area contributed by atoms with Gasteiger partial charge in [0.05, 0.1) is 6.61 Å². The average Bonchev–Trinajstić information content (AvgIpc) is 3.22. The van der Waals surface area contributed by atoms with Gasteiger partial charge in [-0.05, 0) is 49.6 Å². The molecule has 2 N–H and O–H groups in total. The molecule has 0 aliphatic carbocycles. The fourth-order valence-corrected chi connectivity index (χ4v) is 3.55. The van der Waals surface area contributed by atoms with E-state index in [1.165, 1.54) is 11.3 Å². The minimum Gasteiger partial charge on any atom is -0.494 e. The van der Waals surface area contributed by atoms with Crippen LogP contribution >= 0.6 is 11.3 Å². The number of amides is 4. The summed E-state index contributed by atoms with van der Waals surface area (Å²) in [5, 5.41) is 7.18. The fraction of sp³-hybridized carbons (Fsp3) is 0.278. The summed E-state index contributed by atoms with van der Waals surface area (Å²) in [7, 11) is 0. The molecule has 0 unspecified atom stereocenters. The van der Waals surface area contributed by atoms with Crippen molar-refractivity contribution in [3.8, 4) is 5.75 Å². The quantitative estimate of drug-likeness (QED) is 0.762. The molecule has 1 aliphatic rings. The predicted molar refractivity (Wildman–Crippen MR) is 98.2 cm³/mol. The fourth-order valence-electron chi connectivity index (χ4n) is 2.72. The number of hydrogen-bond donors (Lipinski definition) is 2. The number of rotatable bonds is 6. The van der Waals surface area contributed by atoms with Crippen LogP contribution in [0.1, 0.15) is 18.7 Å². The van der Waals surface area contributed by atoms with E-state index in [-0.39, 0.29) is 6.54 Å². The Kier molecular flexibility index (Phi) is 4.94. The van der Waals surface area contributed by atoms with E-state index < -0.39 is 23.4 Å². The van der Waals surface area contributed by atoms with Crippen molar-refractivity contribution in [2.24, 2.45) is 0 Å². The number of nitrogens with zero attached hydrogens (tertiary/aromatic N) is 1. The Balaban J connectivity index is 1.65. The Morgan fingerprint density at radius 2 is 2.00 bits per heavy atom. The van der Waals surface area contributed by atoms with Gasteiger partial charge >= 0.3 is 6.03 Å². The van der Waals surface area contributed by atoms with Crippen molar-refractivity contribution in [1.82, 2.24) is 10.2 Å². The third-order valence-corrected chi connectivity index (χ3v) is 5.13. The summed E-state index contributed by atoms with van der Waals surface area (Å²) in [5.41, 5.74) is -0.573. The lowest BCUT2D eigenvalue weighted by Gasteiger charge is -2.20. The van der Waals surface area contributed by atoms with E-state index >= 15 is 0 Å². The molecule has 1 fully saturated rings. The Morgan fingerprint density at radius 1 is 1.27 bits per heavy atom. The number of anilines is 1. The average molecular weight is 373 g/mol. The second-order valence-electron chi connectivity index (χ2n) is 5.93. The summed E-state index contributed by atoms with van der Waals surface area (Å²) in [6.45, 7) is 3.74. The van der Waals surface area contributed by atoms with Crippen molar-refractivity contribution in [1.29, 1.82) is 0 Å². The van der Waals surface area contributed by atoms with Crippen LogP contribution in [0.25, 0.3) is 0 Å². The van der Waals surface area contributed by atoms with Crippen molar-refractivity contribution in [3.63, 3.8) is 0 Å². The molecule has 0 spiro atoms. The molecule has 26 heavy (non-hydrogen) atoms. The van der Waals surface area contributed by atoms with Gasteiger partial charge in [0.2, 0.25) is 5.91 Å². The van der Waals surface area contributed by atoms with E-state index in [9.17, 15) is 14.4 Å². The molecular weight excluding hydrogens is 354 g/mol. The van der Waals surface area contributed by atoms with Gasteiger partial charge in [-0.1, -0.05) is 6.07 Å². The van der Waals surface area contributed by atoms with E-state index in [2.05, 4.69) is 10.6 Å². The smallest absolute Gasteiger partial charge is 0.325 e. The minimum atomic E-state index is -1.13. The third kappa shape index (κ3) is 3.41.